The van der Waals surface area contributed by atoms with Crippen LogP contribution in [0.3, 0.4) is 0 Å². The van der Waals surface area contributed by atoms with Gasteiger partial charge in [-0.2, -0.15) is 4.31 Å². The Morgan fingerprint density at radius 1 is 1.04 bits per heavy atom. The predicted molar refractivity (Wildman–Crippen MR) is 110 cm³/mol. The molecular weight excluding hydrogens is 374 g/mol. The third-order valence-electron chi connectivity index (χ3n) is 5.20. The highest BCUT2D eigenvalue weighted by Crippen LogP contribution is 2.20. The first-order valence-corrected chi connectivity index (χ1v) is 10.9. The highest BCUT2D eigenvalue weighted by atomic mass is 32.2. The van der Waals surface area contributed by atoms with Crippen LogP contribution < -0.4 is 5.32 Å². The van der Waals surface area contributed by atoms with Gasteiger partial charge in [-0.25, -0.2) is 8.42 Å². The molecule has 1 saturated heterocycles. The van der Waals surface area contributed by atoms with Crippen LogP contribution >= 0.6 is 0 Å². The lowest BCUT2D eigenvalue weighted by molar-refractivity contribution is 0.0939. The number of benzene rings is 2. The van der Waals surface area contributed by atoms with E-state index in [1.54, 1.807) is 18.2 Å². The van der Waals surface area contributed by atoms with Gasteiger partial charge in [0.15, 0.2) is 0 Å². The van der Waals surface area contributed by atoms with Gasteiger partial charge in [0.1, 0.15) is 0 Å². The molecule has 1 atom stereocenters. The molecule has 1 aliphatic heterocycles. The number of nitrogens with zero attached hydrogens (tertiary/aromatic N) is 2. The number of amides is 1. The monoisotopic (exact) mass is 401 g/mol. The number of carbonyl (C=O) groups is 1. The van der Waals surface area contributed by atoms with Gasteiger partial charge in [-0.15, -0.1) is 0 Å². The lowest BCUT2D eigenvalue weighted by Gasteiger charge is -2.31. The van der Waals surface area contributed by atoms with E-state index in [9.17, 15) is 13.2 Å². The lowest BCUT2D eigenvalue weighted by Crippen LogP contribution is -2.47. The average Bonchev–Trinajstić information content (AvgIpc) is 2.68. The molecule has 0 aliphatic carbocycles. The summed E-state index contributed by atoms with van der Waals surface area (Å²) in [6.07, 6.45) is 0. The van der Waals surface area contributed by atoms with Crippen LogP contribution in [-0.2, 0) is 10.0 Å². The van der Waals surface area contributed by atoms with Gasteiger partial charge >= 0.3 is 0 Å². The number of likely N-dealkylation sites (N-methyl/N-ethyl adjacent to an activating group) is 1. The minimum Gasteiger partial charge on any atom is -0.346 e. The summed E-state index contributed by atoms with van der Waals surface area (Å²) in [4.78, 5) is 15.0. The largest absolute Gasteiger partial charge is 0.346 e. The van der Waals surface area contributed by atoms with Crippen LogP contribution in [0, 0.1) is 6.92 Å². The topological polar surface area (TPSA) is 69.7 Å². The molecule has 1 amide bonds. The van der Waals surface area contributed by atoms with Gasteiger partial charge in [-0.3, -0.25) is 4.79 Å². The Morgan fingerprint density at radius 2 is 1.71 bits per heavy atom. The van der Waals surface area contributed by atoms with E-state index in [0.29, 0.717) is 31.7 Å². The van der Waals surface area contributed by atoms with Crippen LogP contribution in [-0.4, -0.2) is 56.8 Å². The number of hydrogen-bond donors (Lipinski definition) is 1. The highest BCUT2D eigenvalue weighted by Gasteiger charge is 2.28. The molecule has 28 heavy (non-hydrogen) atoms. The van der Waals surface area contributed by atoms with E-state index in [4.69, 9.17) is 0 Å². The lowest BCUT2D eigenvalue weighted by atomic mass is 10.0. The number of nitrogens with one attached hydrogen (secondary N) is 1. The Labute approximate surface area is 167 Å². The third-order valence-corrected chi connectivity index (χ3v) is 7.09. The first kappa shape index (κ1) is 20.5. The molecule has 0 aromatic heterocycles. The van der Waals surface area contributed by atoms with E-state index in [-0.39, 0.29) is 16.8 Å². The second-order valence-electron chi connectivity index (χ2n) is 7.29. The van der Waals surface area contributed by atoms with E-state index < -0.39 is 10.0 Å². The molecule has 0 bridgehead atoms. The minimum absolute atomic E-state index is 0.160. The maximum Gasteiger partial charge on any atom is 0.251 e. The second-order valence-corrected chi connectivity index (χ2v) is 9.22. The molecule has 1 aliphatic rings. The Hall–Kier alpha value is -2.22. The van der Waals surface area contributed by atoms with Crippen LogP contribution in [0.1, 0.15) is 34.5 Å². The number of carbonyl (C=O) groups excluding carboxylic acids is 1. The third kappa shape index (κ3) is 4.43. The van der Waals surface area contributed by atoms with Gasteiger partial charge < -0.3 is 10.2 Å². The van der Waals surface area contributed by atoms with Crippen LogP contribution in [0.4, 0.5) is 0 Å². The zero-order valence-electron chi connectivity index (χ0n) is 16.6. The number of rotatable bonds is 5. The fourth-order valence-electron chi connectivity index (χ4n) is 3.41. The fourth-order valence-corrected chi connectivity index (χ4v) is 4.87. The van der Waals surface area contributed by atoms with E-state index >= 15 is 0 Å². The van der Waals surface area contributed by atoms with Gasteiger partial charge in [0.25, 0.3) is 5.91 Å². The van der Waals surface area contributed by atoms with Gasteiger partial charge in [-0.1, -0.05) is 30.3 Å². The molecule has 7 heteroatoms. The Kier molecular flexibility index (Phi) is 6.17. The SMILES string of the molecule is Cc1ccccc1[C@@H](C)NC(=O)c1cccc(S(=O)(=O)N2CCN(C)CC2)c1. The van der Waals surface area contributed by atoms with Gasteiger partial charge in [0.05, 0.1) is 10.9 Å². The first-order valence-electron chi connectivity index (χ1n) is 9.44. The number of piperazine rings is 1. The van der Waals surface area contributed by atoms with Crippen molar-refractivity contribution in [1.29, 1.82) is 0 Å². The molecule has 0 unspecified atom stereocenters. The van der Waals surface area contributed by atoms with Crippen LogP contribution in [0.2, 0.25) is 0 Å². The maximum absolute atomic E-state index is 12.9. The first-order chi connectivity index (χ1) is 13.3. The zero-order valence-corrected chi connectivity index (χ0v) is 17.4. The predicted octanol–water partition coefficient (Wildman–Crippen LogP) is 2.42. The van der Waals surface area contributed by atoms with Crippen molar-refractivity contribution in [1.82, 2.24) is 14.5 Å². The Balaban J connectivity index is 1.77. The van der Waals surface area contributed by atoms with Crippen molar-refractivity contribution < 1.29 is 13.2 Å². The van der Waals surface area contributed by atoms with E-state index in [0.717, 1.165) is 11.1 Å². The molecule has 2 aromatic carbocycles. The molecular formula is C21H27N3O3S. The highest BCUT2D eigenvalue weighted by molar-refractivity contribution is 7.89. The van der Waals surface area contributed by atoms with Gasteiger partial charge in [0, 0.05) is 31.7 Å². The van der Waals surface area contributed by atoms with E-state index in [2.05, 4.69) is 10.2 Å². The van der Waals surface area contributed by atoms with Crippen molar-refractivity contribution in [3.05, 3.63) is 65.2 Å². The van der Waals surface area contributed by atoms with Crippen LogP contribution in [0.15, 0.2) is 53.4 Å². The summed E-state index contributed by atoms with van der Waals surface area (Å²) in [5.41, 5.74) is 2.48. The van der Waals surface area contributed by atoms with Crippen LogP contribution in [0.5, 0.6) is 0 Å². The molecule has 150 valence electrons. The van der Waals surface area contributed by atoms with Gasteiger partial charge in [0.2, 0.25) is 10.0 Å². The summed E-state index contributed by atoms with van der Waals surface area (Å²) in [6, 6.07) is 14.0. The molecule has 1 heterocycles. The van der Waals surface area contributed by atoms with Crippen molar-refractivity contribution in [3.63, 3.8) is 0 Å². The summed E-state index contributed by atoms with van der Waals surface area (Å²) in [7, 11) is -1.63. The number of sulfonamides is 1. The number of hydrogen-bond acceptors (Lipinski definition) is 4. The molecule has 1 N–H and O–H groups in total. The average molecular weight is 402 g/mol. The Bertz CT molecular complexity index is 951. The van der Waals surface area contributed by atoms with Crippen molar-refractivity contribution >= 4 is 15.9 Å². The summed E-state index contributed by atoms with van der Waals surface area (Å²) in [6.45, 7) is 6.24. The molecule has 2 aromatic rings. The summed E-state index contributed by atoms with van der Waals surface area (Å²) in [5, 5.41) is 2.96. The summed E-state index contributed by atoms with van der Waals surface area (Å²) < 4.78 is 27.4. The van der Waals surface area contributed by atoms with Crippen molar-refractivity contribution in [3.8, 4) is 0 Å². The molecule has 1 fully saturated rings. The van der Waals surface area contributed by atoms with E-state index in [1.165, 1.54) is 10.4 Å². The molecule has 3 rings (SSSR count). The number of aryl methyl sites for hydroxylation is 1. The Morgan fingerprint density at radius 3 is 2.39 bits per heavy atom. The summed E-state index contributed by atoms with van der Waals surface area (Å²) in [5.74, 6) is -0.286. The standard InChI is InChI=1S/C21H27N3O3S/c1-16-7-4-5-10-20(16)17(2)22-21(25)18-8-6-9-19(15-18)28(26,27)24-13-11-23(3)12-14-24/h4-10,15,17H,11-14H2,1-3H3,(H,22,25)/t17-/m1/s1. The van der Waals surface area contributed by atoms with Crippen LogP contribution in [0.25, 0.3) is 0 Å². The van der Waals surface area contributed by atoms with Crippen molar-refractivity contribution in [2.45, 2.75) is 24.8 Å². The normalized spacial score (nSPS) is 17.2. The zero-order chi connectivity index (χ0) is 20.3. The van der Waals surface area contributed by atoms with Crippen molar-refractivity contribution in [2.24, 2.45) is 0 Å². The van der Waals surface area contributed by atoms with Crippen molar-refractivity contribution in [2.75, 3.05) is 33.2 Å². The van der Waals surface area contributed by atoms with Gasteiger partial charge in [-0.05, 0) is 50.2 Å². The summed E-state index contributed by atoms with van der Waals surface area (Å²) >= 11 is 0. The minimum atomic E-state index is -3.60. The smallest absolute Gasteiger partial charge is 0.251 e. The quantitative estimate of drug-likeness (QED) is 0.835. The molecule has 0 radical (unpaired) electrons. The maximum atomic E-state index is 12.9. The fraction of sp³-hybridized carbons (Fsp3) is 0.381. The molecule has 6 nitrogen and oxygen atoms in total. The second kappa shape index (κ2) is 8.43. The van der Waals surface area contributed by atoms with E-state index in [1.807, 2.05) is 45.2 Å². The molecule has 0 saturated carbocycles. The molecule has 0 spiro atoms.